The number of likely N-dealkylation sites (tertiary alicyclic amines) is 1. The number of aryl methyl sites for hydroxylation is 1. The predicted octanol–water partition coefficient (Wildman–Crippen LogP) is 3.02. The van der Waals surface area contributed by atoms with Gasteiger partial charge in [-0.05, 0) is 37.5 Å². The van der Waals surface area contributed by atoms with Gasteiger partial charge in [-0.2, -0.15) is 0 Å². The van der Waals surface area contributed by atoms with Crippen LogP contribution in [-0.4, -0.2) is 41.6 Å². The van der Waals surface area contributed by atoms with Crippen LogP contribution in [0.4, 0.5) is 0 Å². The molecule has 0 saturated carbocycles. The SMILES string of the molecule is Cc1ccc(OCC(=O)N2CCC(C(=O)O)(c3ccccc3)CC2)cc1. The molecule has 0 unspecified atom stereocenters. The van der Waals surface area contributed by atoms with Gasteiger partial charge in [0.1, 0.15) is 5.75 Å². The Morgan fingerprint density at radius 2 is 1.65 bits per heavy atom. The molecule has 0 bridgehead atoms. The van der Waals surface area contributed by atoms with Gasteiger partial charge in [0.15, 0.2) is 6.61 Å². The van der Waals surface area contributed by atoms with Gasteiger partial charge in [0.05, 0.1) is 5.41 Å². The Labute approximate surface area is 153 Å². The molecular formula is C21H23NO4. The number of carbonyl (C=O) groups excluding carboxylic acids is 1. The maximum absolute atomic E-state index is 12.4. The summed E-state index contributed by atoms with van der Waals surface area (Å²) in [5.74, 6) is -0.283. The van der Waals surface area contributed by atoms with E-state index >= 15 is 0 Å². The molecule has 1 fully saturated rings. The van der Waals surface area contributed by atoms with Crippen molar-refractivity contribution in [3.63, 3.8) is 0 Å². The van der Waals surface area contributed by atoms with Crippen molar-refractivity contribution in [2.24, 2.45) is 0 Å². The highest BCUT2D eigenvalue weighted by atomic mass is 16.5. The van der Waals surface area contributed by atoms with Crippen LogP contribution >= 0.6 is 0 Å². The zero-order valence-electron chi connectivity index (χ0n) is 14.9. The van der Waals surface area contributed by atoms with Crippen molar-refractivity contribution in [3.05, 3.63) is 65.7 Å². The van der Waals surface area contributed by atoms with Crippen LogP contribution in [0.15, 0.2) is 54.6 Å². The van der Waals surface area contributed by atoms with Gasteiger partial charge in [-0.3, -0.25) is 9.59 Å². The van der Waals surface area contributed by atoms with Crippen molar-refractivity contribution in [2.45, 2.75) is 25.2 Å². The maximum Gasteiger partial charge on any atom is 0.314 e. The highest BCUT2D eigenvalue weighted by molar-refractivity contribution is 5.83. The van der Waals surface area contributed by atoms with Crippen molar-refractivity contribution in [2.75, 3.05) is 19.7 Å². The fourth-order valence-corrected chi connectivity index (χ4v) is 3.39. The Kier molecular flexibility index (Phi) is 5.26. The van der Waals surface area contributed by atoms with Gasteiger partial charge in [0.2, 0.25) is 0 Å². The third-order valence-corrected chi connectivity index (χ3v) is 5.09. The molecule has 5 nitrogen and oxygen atoms in total. The molecule has 0 atom stereocenters. The Balaban J connectivity index is 1.60. The van der Waals surface area contributed by atoms with Crippen molar-refractivity contribution in [3.8, 4) is 5.75 Å². The quantitative estimate of drug-likeness (QED) is 0.897. The van der Waals surface area contributed by atoms with Crippen LogP contribution < -0.4 is 4.74 Å². The summed E-state index contributed by atoms with van der Waals surface area (Å²) in [5.41, 5.74) is 1.01. The van der Waals surface area contributed by atoms with Crippen molar-refractivity contribution < 1.29 is 19.4 Å². The summed E-state index contributed by atoms with van der Waals surface area (Å²) >= 11 is 0. The molecule has 136 valence electrons. The van der Waals surface area contributed by atoms with Crippen LogP contribution in [0.5, 0.6) is 5.75 Å². The molecule has 0 radical (unpaired) electrons. The first-order valence-electron chi connectivity index (χ1n) is 8.77. The lowest BCUT2D eigenvalue weighted by Crippen LogP contribution is -2.50. The van der Waals surface area contributed by atoms with E-state index in [1.54, 1.807) is 4.90 Å². The van der Waals surface area contributed by atoms with Crippen LogP contribution in [0.2, 0.25) is 0 Å². The first kappa shape index (κ1) is 18.0. The summed E-state index contributed by atoms with van der Waals surface area (Å²) in [4.78, 5) is 26.1. The van der Waals surface area contributed by atoms with E-state index in [0.717, 1.165) is 11.1 Å². The molecule has 0 spiro atoms. The topological polar surface area (TPSA) is 66.8 Å². The Hall–Kier alpha value is -2.82. The molecule has 2 aromatic rings. The number of aliphatic carboxylic acids is 1. The lowest BCUT2D eigenvalue weighted by molar-refractivity contribution is -0.148. The number of carbonyl (C=O) groups is 2. The first-order valence-corrected chi connectivity index (χ1v) is 8.77. The lowest BCUT2D eigenvalue weighted by Gasteiger charge is -2.39. The van der Waals surface area contributed by atoms with Gasteiger partial charge in [-0.15, -0.1) is 0 Å². The largest absolute Gasteiger partial charge is 0.484 e. The van der Waals surface area contributed by atoms with Gasteiger partial charge in [-0.1, -0.05) is 48.0 Å². The lowest BCUT2D eigenvalue weighted by atomic mass is 9.73. The molecule has 1 aliphatic rings. The molecule has 2 aromatic carbocycles. The van der Waals surface area contributed by atoms with Gasteiger partial charge in [0.25, 0.3) is 5.91 Å². The molecule has 0 aromatic heterocycles. The van der Waals surface area contributed by atoms with Crippen LogP contribution in [0.1, 0.15) is 24.0 Å². The molecule has 26 heavy (non-hydrogen) atoms. The highest BCUT2D eigenvalue weighted by Gasteiger charge is 2.43. The average Bonchev–Trinajstić information content (AvgIpc) is 2.68. The number of nitrogens with zero attached hydrogens (tertiary/aromatic N) is 1. The molecule has 3 rings (SSSR count). The summed E-state index contributed by atoms with van der Waals surface area (Å²) < 4.78 is 5.55. The van der Waals surface area contributed by atoms with E-state index in [0.29, 0.717) is 31.7 Å². The van der Waals surface area contributed by atoms with Crippen LogP contribution in [-0.2, 0) is 15.0 Å². The minimum atomic E-state index is -0.921. The summed E-state index contributed by atoms with van der Waals surface area (Å²) in [6.07, 6.45) is 0.811. The number of carboxylic acid groups (broad SMARTS) is 1. The molecule has 1 aliphatic heterocycles. The highest BCUT2D eigenvalue weighted by Crippen LogP contribution is 2.35. The standard InChI is InChI=1S/C21H23NO4/c1-16-7-9-18(10-8-16)26-15-19(23)22-13-11-21(12-14-22,20(24)25)17-5-3-2-4-6-17/h2-10H,11-15H2,1H3,(H,24,25). The number of hydrogen-bond donors (Lipinski definition) is 1. The van der Waals surface area contributed by atoms with E-state index in [9.17, 15) is 14.7 Å². The monoisotopic (exact) mass is 353 g/mol. The van der Waals surface area contributed by atoms with E-state index in [1.807, 2.05) is 61.5 Å². The molecule has 1 amide bonds. The number of ether oxygens (including phenoxy) is 1. The zero-order chi connectivity index (χ0) is 18.6. The molecular weight excluding hydrogens is 330 g/mol. The molecule has 1 heterocycles. The van der Waals surface area contributed by atoms with E-state index < -0.39 is 11.4 Å². The second-order valence-corrected chi connectivity index (χ2v) is 6.74. The molecule has 0 aliphatic carbocycles. The number of rotatable bonds is 5. The zero-order valence-corrected chi connectivity index (χ0v) is 14.9. The summed E-state index contributed by atoms with van der Waals surface area (Å²) in [7, 11) is 0. The number of hydrogen-bond acceptors (Lipinski definition) is 3. The van der Waals surface area contributed by atoms with Crippen LogP contribution in [0.25, 0.3) is 0 Å². The van der Waals surface area contributed by atoms with E-state index in [1.165, 1.54) is 0 Å². The van der Waals surface area contributed by atoms with Gasteiger partial charge >= 0.3 is 5.97 Å². The van der Waals surface area contributed by atoms with Gasteiger partial charge < -0.3 is 14.7 Å². The Morgan fingerprint density at radius 1 is 1.04 bits per heavy atom. The normalized spacial score (nSPS) is 16.1. The Morgan fingerprint density at radius 3 is 2.23 bits per heavy atom. The average molecular weight is 353 g/mol. The minimum Gasteiger partial charge on any atom is -0.484 e. The molecule has 5 heteroatoms. The molecule has 1 N–H and O–H groups in total. The van der Waals surface area contributed by atoms with E-state index in [2.05, 4.69) is 0 Å². The number of benzene rings is 2. The van der Waals surface area contributed by atoms with E-state index in [4.69, 9.17) is 4.74 Å². The minimum absolute atomic E-state index is 0.0333. The maximum atomic E-state index is 12.4. The van der Waals surface area contributed by atoms with Gasteiger partial charge in [-0.25, -0.2) is 0 Å². The molecule has 1 saturated heterocycles. The fourth-order valence-electron chi connectivity index (χ4n) is 3.39. The second-order valence-electron chi connectivity index (χ2n) is 6.74. The number of carboxylic acids is 1. The third-order valence-electron chi connectivity index (χ3n) is 5.09. The van der Waals surface area contributed by atoms with E-state index in [-0.39, 0.29) is 12.5 Å². The van der Waals surface area contributed by atoms with Crippen molar-refractivity contribution in [1.82, 2.24) is 4.90 Å². The summed E-state index contributed by atoms with van der Waals surface area (Å²) in [6.45, 7) is 2.78. The third kappa shape index (κ3) is 3.72. The van der Waals surface area contributed by atoms with Crippen LogP contribution in [0, 0.1) is 6.92 Å². The fraction of sp³-hybridized carbons (Fsp3) is 0.333. The second kappa shape index (κ2) is 7.60. The summed E-state index contributed by atoms with van der Waals surface area (Å²) in [6, 6.07) is 16.8. The Bertz CT molecular complexity index is 762. The number of amides is 1. The first-order chi connectivity index (χ1) is 12.5. The van der Waals surface area contributed by atoms with Crippen LogP contribution in [0.3, 0.4) is 0 Å². The summed E-state index contributed by atoms with van der Waals surface area (Å²) in [5, 5.41) is 9.81. The smallest absolute Gasteiger partial charge is 0.314 e. The number of piperidine rings is 1. The van der Waals surface area contributed by atoms with Gasteiger partial charge in [0, 0.05) is 13.1 Å². The van der Waals surface area contributed by atoms with Crippen molar-refractivity contribution >= 4 is 11.9 Å². The van der Waals surface area contributed by atoms with Crippen molar-refractivity contribution in [1.29, 1.82) is 0 Å². The predicted molar refractivity (Wildman–Crippen MR) is 98.2 cm³/mol.